The molecule has 1 fully saturated rings. The number of nitrogens with zero attached hydrogens (tertiary/aromatic N) is 2. The Labute approximate surface area is 126 Å². The van der Waals surface area contributed by atoms with Gasteiger partial charge in [-0.05, 0) is 32.0 Å². The van der Waals surface area contributed by atoms with Crippen molar-refractivity contribution in [2.45, 2.75) is 19.4 Å². The quantitative estimate of drug-likeness (QED) is 0.848. The maximum absolute atomic E-state index is 12.6. The Kier molecular flexibility index (Phi) is 3.77. The van der Waals surface area contributed by atoms with E-state index in [9.17, 15) is 14.7 Å². The largest absolute Gasteiger partial charge is 0.507 e. The number of hydrogen-bond donors (Lipinski definition) is 1. The lowest BCUT2D eigenvalue weighted by Gasteiger charge is -2.44. The van der Waals surface area contributed by atoms with Gasteiger partial charge in [-0.2, -0.15) is 0 Å². The Morgan fingerprint density at radius 3 is 2.60 bits per heavy atom. The highest BCUT2D eigenvalue weighted by Gasteiger charge is 2.43. The van der Waals surface area contributed by atoms with Gasteiger partial charge in [0, 0.05) is 24.6 Å². The molecule has 1 aliphatic rings. The lowest BCUT2D eigenvalue weighted by molar-refractivity contribution is -0.144. The van der Waals surface area contributed by atoms with Gasteiger partial charge in [0.05, 0.1) is 5.56 Å². The van der Waals surface area contributed by atoms with Gasteiger partial charge in [0.2, 0.25) is 5.91 Å². The van der Waals surface area contributed by atoms with Gasteiger partial charge < -0.3 is 14.9 Å². The van der Waals surface area contributed by atoms with Crippen LogP contribution >= 0.6 is 15.9 Å². The molecule has 2 rings (SSSR count). The van der Waals surface area contributed by atoms with Crippen LogP contribution < -0.4 is 0 Å². The first-order valence-corrected chi connectivity index (χ1v) is 7.10. The molecule has 1 saturated heterocycles. The molecule has 1 heterocycles. The molecule has 0 saturated carbocycles. The summed E-state index contributed by atoms with van der Waals surface area (Å²) in [5.41, 5.74) is -0.706. The maximum atomic E-state index is 12.6. The number of likely N-dealkylation sites (N-methyl/N-ethyl adjacent to an activating group) is 1. The molecule has 2 amide bonds. The number of rotatable bonds is 1. The van der Waals surface area contributed by atoms with Crippen molar-refractivity contribution in [3.63, 3.8) is 0 Å². The van der Waals surface area contributed by atoms with Crippen LogP contribution in [0.1, 0.15) is 24.2 Å². The van der Waals surface area contributed by atoms with Crippen molar-refractivity contribution in [1.82, 2.24) is 9.80 Å². The minimum absolute atomic E-state index is 0.0912. The van der Waals surface area contributed by atoms with Crippen molar-refractivity contribution in [3.8, 4) is 5.75 Å². The molecule has 0 atom stereocenters. The molecule has 0 aromatic heterocycles. The van der Waals surface area contributed by atoms with E-state index in [0.717, 1.165) is 0 Å². The predicted molar refractivity (Wildman–Crippen MR) is 78.6 cm³/mol. The molecule has 1 aromatic rings. The highest BCUT2D eigenvalue weighted by molar-refractivity contribution is 9.10. The van der Waals surface area contributed by atoms with Gasteiger partial charge in [0.25, 0.3) is 5.91 Å². The molecule has 20 heavy (non-hydrogen) atoms. The normalized spacial score (nSPS) is 18.3. The third-order valence-electron chi connectivity index (χ3n) is 3.64. The van der Waals surface area contributed by atoms with E-state index in [4.69, 9.17) is 0 Å². The summed E-state index contributed by atoms with van der Waals surface area (Å²) in [6.45, 7) is 4.38. The van der Waals surface area contributed by atoms with Gasteiger partial charge >= 0.3 is 0 Å². The molecule has 1 N–H and O–H groups in total. The van der Waals surface area contributed by atoms with E-state index in [0.29, 0.717) is 17.6 Å². The molecule has 0 bridgehead atoms. The van der Waals surface area contributed by atoms with Gasteiger partial charge in [-0.15, -0.1) is 0 Å². The van der Waals surface area contributed by atoms with Crippen LogP contribution in [0.25, 0.3) is 0 Å². The summed E-state index contributed by atoms with van der Waals surface area (Å²) in [6.07, 6.45) is 0. The Balaban J connectivity index is 2.35. The van der Waals surface area contributed by atoms with Gasteiger partial charge in [0.1, 0.15) is 11.3 Å². The summed E-state index contributed by atoms with van der Waals surface area (Å²) in [5.74, 6) is -0.526. The summed E-state index contributed by atoms with van der Waals surface area (Å²) >= 11 is 3.24. The number of aromatic hydroxyl groups is 1. The fourth-order valence-electron chi connectivity index (χ4n) is 2.40. The molecule has 108 valence electrons. The first kappa shape index (κ1) is 14.8. The number of piperazine rings is 1. The standard InChI is InChI=1S/C14H17BrN2O3/c1-14(2)13(20)16(3)6-7-17(14)12(19)10-5-4-9(15)8-11(10)18/h4-5,8,18H,6-7H2,1-3H3. The summed E-state index contributed by atoms with van der Waals surface area (Å²) in [6, 6.07) is 4.72. The van der Waals surface area contributed by atoms with Crippen LogP contribution in [-0.4, -0.2) is 52.4 Å². The van der Waals surface area contributed by atoms with E-state index in [2.05, 4.69) is 15.9 Å². The fraction of sp³-hybridized carbons (Fsp3) is 0.429. The third kappa shape index (κ3) is 2.40. The molecule has 1 aromatic carbocycles. The first-order valence-electron chi connectivity index (χ1n) is 6.31. The molecule has 5 nitrogen and oxygen atoms in total. The Morgan fingerprint density at radius 2 is 2.00 bits per heavy atom. The number of carbonyl (C=O) groups is 2. The van der Waals surface area contributed by atoms with Crippen LogP contribution in [0.3, 0.4) is 0 Å². The van der Waals surface area contributed by atoms with E-state index in [1.807, 2.05) is 0 Å². The Morgan fingerprint density at radius 1 is 1.35 bits per heavy atom. The van der Waals surface area contributed by atoms with E-state index < -0.39 is 5.54 Å². The maximum Gasteiger partial charge on any atom is 0.258 e. The highest BCUT2D eigenvalue weighted by atomic mass is 79.9. The van der Waals surface area contributed by atoms with Gasteiger partial charge in [-0.3, -0.25) is 9.59 Å². The van der Waals surface area contributed by atoms with Crippen LogP contribution in [0.5, 0.6) is 5.75 Å². The van der Waals surface area contributed by atoms with E-state index >= 15 is 0 Å². The molecule has 6 heteroatoms. The minimum atomic E-state index is -0.913. The third-order valence-corrected chi connectivity index (χ3v) is 4.13. The average molecular weight is 341 g/mol. The number of carbonyl (C=O) groups excluding carboxylic acids is 2. The minimum Gasteiger partial charge on any atom is -0.507 e. The number of benzene rings is 1. The lowest BCUT2D eigenvalue weighted by Crippen LogP contribution is -2.63. The van der Waals surface area contributed by atoms with E-state index in [1.165, 1.54) is 11.0 Å². The summed E-state index contributed by atoms with van der Waals surface area (Å²) in [4.78, 5) is 27.9. The van der Waals surface area contributed by atoms with Crippen molar-refractivity contribution in [1.29, 1.82) is 0 Å². The predicted octanol–water partition coefficient (Wildman–Crippen LogP) is 1.85. The van der Waals surface area contributed by atoms with Crippen LogP contribution in [0.2, 0.25) is 0 Å². The van der Waals surface area contributed by atoms with E-state index in [-0.39, 0.29) is 23.1 Å². The smallest absolute Gasteiger partial charge is 0.258 e. The van der Waals surface area contributed by atoms with Crippen molar-refractivity contribution in [2.75, 3.05) is 20.1 Å². The summed E-state index contributed by atoms with van der Waals surface area (Å²) in [5, 5.41) is 9.91. The summed E-state index contributed by atoms with van der Waals surface area (Å²) in [7, 11) is 1.73. The second kappa shape index (κ2) is 5.09. The number of phenolic OH excluding ortho intramolecular Hbond substituents is 1. The number of amides is 2. The molecule has 1 aliphatic heterocycles. The average Bonchev–Trinajstić information content (AvgIpc) is 2.35. The fourth-order valence-corrected chi connectivity index (χ4v) is 2.75. The zero-order valence-corrected chi connectivity index (χ0v) is 13.3. The molecule has 0 unspecified atom stereocenters. The molecule has 0 spiro atoms. The SMILES string of the molecule is CN1CCN(C(=O)c2ccc(Br)cc2O)C(C)(C)C1=O. The molecule has 0 radical (unpaired) electrons. The van der Waals surface area contributed by atoms with Crippen LogP contribution in [-0.2, 0) is 4.79 Å². The van der Waals surface area contributed by atoms with Crippen molar-refractivity contribution >= 4 is 27.7 Å². The monoisotopic (exact) mass is 340 g/mol. The first-order chi connectivity index (χ1) is 9.25. The van der Waals surface area contributed by atoms with E-state index in [1.54, 1.807) is 37.9 Å². The second-order valence-corrected chi connectivity index (χ2v) is 6.32. The van der Waals surface area contributed by atoms with Crippen molar-refractivity contribution < 1.29 is 14.7 Å². The second-order valence-electron chi connectivity index (χ2n) is 5.40. The Bertz CT molecular complexity index is 572. The van der Waals surface area contributed by atoms with Gasteiger partial charge in [-0.1, -0.05) is 15.9 Å². The zero-order valence-electron chi connectivity index (χ0n) is 11.7. The van der Waals surface area contributed by atoms with Crippen molar-refractivity contribution in [3.05, 3.63) is 28.2 Å². The van der Waals surface area contributed by atoms with Gasteiger partial charge in [-0.25, -0.2) is 0 Å². The molecule has 0 aliphatic carbocycles. The van der Waals surface area contributed by atoms with Crippen LogP contribution in [0, 0.1) is 0 Å². The summed E-state index contributed by atoms with van der Waals surface area (Å²) < 4.78 is 0.695. The van der Waals surface area contributed by atoms with Gasteiger partial charge in [0.15, 0.2) is 0 Å². The number of phenols is 1. The van der Waals surface area contributed by atoms with Crippen molar-refractivity contribution in [2.24, 2.45) is 0 Å². The molecular formula is C14H17BrN2O3. The lowest BCUT2D eigenvalue weighted by atomic mass is 9.96. The number of halogens is 1. The topological polar surface area (TPSA) is 60.9 Å². The highest BCUT2D eigenvalue weighted by Crippen LogP contribution is 2.28. The molecular weight excluding hydrogens is 324 g/mol. The van der Waals surface area contributed by atoms with Crippen LogP contribution in [0.15, 0.2) is 22.7 Å². The number of hydrogen-bond acceptors (Lipinski definition) is 3. The van der Waals surface area contributed by atoms with Crippen LogP contribution in [0.4, 0.5) is 0 Å². The zero-order chi connectivity index (χ0) is 15.1. The Hall–Kier alpha value is -1.56.